The van der Waals surface area contributed by atoms with Crippen LogP contribution >= 0.6 is 0 Å². The van der Waals surface area contributed by atoms with Crippen molar-refractivity contribution in [2.75, 3.05) is 33.0 Å². The molecule has 0 saturated carbocycles. The molecule has 0 aliphatic carbocycles. The molecule has 0 saturated heterocycles. The lowest BCUT2D eigenvalue weighted by Crippen LogP contribution is -2.38. The van der Waals surface area contributed by atoms with Crippen LogP contribution in [-0.4, -0.2) is 38.6 Å². The Balaban J connectivity index is 4.05. The van der Waals surface area contributed by atoms with Gasteiger partial charge in [0.15, 0.2) is 0 Å². The average molecular weight is 302 g/mol. The van der Waals surface area contributed by atoms with Crippen molar-refractivity contribution in [3.8, 4) is 0 Å². The van der Waals surface area contributed by atoms with Crippen molar-refractivity contribution in [1.29, 1.82) is 0 Å². The first-order valence-corrected chi connectivity index (χ1v) is 9.04. The Morgan fingerprint density at radius 2 is 1.19 bits per heavy atom. The smallest absolute Gasteiger partial charge is 0.0914 e. The maximum Gasteiger partial charge on any atom is 0.0914 e. The summed E-state index contributed by atoms with van der Waals surface area (Å²) >= 11 is 0. The van der Waals surface area contributed by atoms with Crippen LogP contribution in [0.3, 0.4) is 0 Å². The van der Waals surface area contributed by atoms with Gasteiger partial charge in [0.05, 0.1) is 25.4 Å². The Morgan fingerprint density at radius 3 is 1.76 bits per heavy atom. The fraction of sp³-hybridized carbons (Fsp3) is 1.00. The molecule has 0 heterocycles. The van der Waals surface area contributed by atoms with Crippen LogP contribution in [0.5, 0.6) is 0 Å². The van der Waals surface area contributed by atoms with Crippen LogP contribution in [0, 0.1) is 0 Å². The molecule has 0 amide bonds. The van der Waals surface area contributed by atoms with Crippen molar-refractivity contribution >= 4 is 0 Å². The van der Waals surface area contributed by atoms with E-state index in [0.29, 0.717) is 19.8 Å². The van der Waals surface area contributed by atoms with E-state index >= 15 is 0 Å². The maximum absolute atomic E-state index is 6.23. The van der Waals surface area contributed by atoms with Gasteiger partial charge in [-0.1, -0.05) is 53.4 Å². The zero-order chi connectivity index (χ0) is 15.8. The van der Waals surface area contributed by atoms with Crippen LogP contribution in [0.4, 0.5) is 0 Å². The minimum atomic E-state index is -0.0813. The highest BCUT2D eigenvalue weighted by Gasteiger charge is 2.29. The van der Waals surface area contributed by atoms with E-state index in [-0.39, 0.29) is 5.60 Å². The molecule has 0 atom stereocenters. The van der Waals surface area contributed by atoms with Gasteiger partial charge in [0.25, 0.3) is 0 Å². The van der Waals surface area contributed by atoms with Gasteiger partial charge in [0.2, 0.25) is 0 Å². The molecule has 0 aromatic heterocycles. The summed E-state index contributed by atoms with van der Waals surface area (Å²) in [7, 11) is 0. The van der Waals surface area contributed by atoms with Crippen molar-refractivity contribution < 1.29 is 14.2 Å². The van der Waals surface area contributed by atoms with Gasteiger partial charge in [-0.05, 0) is 25.7 Å². The van der Waals surface area contributed by atoms with Gasteiger partial charge in [0.1, 0.15) is 0 Å². The minimum Gasteiger partial charge on any atom is -0.379 e. The second-order valence-corrected chi connectivity index (χ2v) is 5.90. The molecule has 128 valence electrons. The van der Waals surface area contributed by atoms with Crippen LogP contribution in [0.15, 0.2) is 0 Å². The molecule has 0 rings (SSSR count). The van der Waals surface area contributed by atoms with Crippen LogP contribution in [0.1, 0.15) is 79.1 Å². The fourth-order valence-corrected chi connectivity index (χ4v) is 2.52. The Morgan fingerprint density at radius 1 is 0.619 bits per heavy atom. The number of hydrogen-bond donors (Lipinski definition) is 0. The molecule has 0 unspecified atom stereocenters. The van der Waals surface area contributed by atoms with Gasteiger partial charge >= 0.3 is 0 Å². The molecular weight excluding hydrogens is 264 g/mol. The minimum absolute atomic E-state index is 0.0813. The highest BCUT2D eigenvalue weighted by Crippen LogP contribution is 2.25. The van der Waals surface area contributed by atoms with Crippen LogP contribution in [-0.2, 0) is 14.2 Å². The monoisotopic (exact) mass is 302 g/mol. The summed E-state index contributed by atoms with van der Waals surface area (Å²) in [5.74, 6) is 0. The zero-order valence-electron chi connectivity index (χ0n) is 14.9. The third-order valence-electron chi connectivity index (χ3n) is 3.70. The molecule has 0 bridgehead atoms. The van der Waals surface area contributed by atoms with Gasteiger partial charge in [0, 0.05) is 13.2 Å². The number of ether oxygens (including phenoxy) is 3. The lowest BCUT2D eigenvalue weighted by atomic mass is 9.93. The summed E-state index contributed by atoms with van der Waals surface area (Å²) in [4.78, 5) is 0. The molecule has 0 radical (unpaired) electrons. The molecule has 0 aromatic carbocycles. The predicted octanol–water partition coefficient (Wildman–Crippen LogP) is 4.98. The average Bonchev–Trinajstić information content (AvgIpc) is 2.47. The van der Waals surface area contributed by atoms with E-state index in [0.717, 1.165) is 51.7 Å². The lowest BCUT2D eigenvalue weighted by Gasteiger charge is -2.33. The fourth-order valence-electron chi connectivity index (χ4n) is 2.52. The summed E-state index contributed by atoms with van der Waals surface area (Å²) in [5, 5.41) is 0. The molecule has 3 nitrogen and oxygen atoms in total. The van der Waals surface area contributed by atoms with Gasteiger partial charge in [-0.15, -0.1) is 0 Å². The number of rotatable bonds is 16. The van der Waals surface area contributed by atoms with Crippen LogP contribution in [0.25, 0.3) is 0 Å². The molecule has 21 heavy (non-hydrogen) atoms. The van der Waals surface area contributed by atoms with Crippen LogP contribution in [0.2, 0.25) is 0 Å². The van der Waals surface area contributed by atoms with Crippen molar-refractivity contribution in [2.24, 2.45) is 0 Å². The Hall–Kier alpha value is -0.120. The van der Waals surface area contributed by atoms with E-state index in [9.17, 15) is 0 Å². The van der Waals surface area contributed by atoms with E-state index < -0.39 is 0 Å². The van der Waals surface area contributed by atoms with Crippen LogP contribution < -0.4 is 0 Å². The molecule has 0 aliphatic rings. The van der Waals surface area contributed by atoms with Gasteiger partial charge in [-0.3, -0.25) is 0 Å². The number of unbranched alkanes of at least 4 members (excludes halogenated alkanes) is 2. The largest absolute Gasteiger partial charge is 0.379 e. The quantitative estimate of drug-likeness (QED) is 0.376. The molecule has 0 aromatic rings. The van der Waals surface area contributed by atoms with Crippen molar-refractivity contribution in [1.82, 2.24) is 0 Å². The first kappa shape index (κ1) is 20.9. The molecule has 0 fully saturated rings. The summed E-state index contributed by atoms with van der Waals surface area (Å²) in [5.41, 5.74) is -0.0813. The second-order valence-electron chi connectivity index (χ2n) is 5.90. The van der Waals surface area contributed by atoms with E-state index in [1.807, 2.05) is 0 Å². The van der Waals surface area contributed by atoms with E-state index in [1.165, 1.54) is 12.8 Å². The Labute approximate surface area is 132 Å². The molecular formula is C18H38O3. The van der Waals surface area contributed by atoms with E-state index in [4.69, 9.17) is 14.2 Å². The van der Waals surface area contributed by atoms with E-state index in [2.05, 4.69) is 27.7 Å². The summed E-state index contributed by atoms with van der Waals surface area (Å²) < 4.78 is 17.6. The summed E-state index contributed by atoms with van der Waals surface area (Å²) in [6, 6.07) is 0. The predicted molar refractivity (Wildman–Crippen MR) is 90.0 cm³/mol. The molecule has 0 spiro atoms. The van der Waals surface area contributed by atoms with E-state index in [1.54, 1.807) is 0 Å². The first-order valence-electron chi connectivity index (χ1n) is 9.04. The topological polar surface area (TPSA) is 27.7 Å². The SMILES string of the molecule is CCCCOCCOCC(CCC)(CCC)OCCCC. The van der Waals surface area contributed by atoms with Gasteiger partial charge in [-0.25, -0.2) is 0 Å². The lowest BCUT2D eigenvalue weighted by molar-refractivity contribution is -0.114. The molecule has 0 N–H and O–H groups in total. The number of hydrogen-bond acceptors (Lipinski definition) is 3. The van der Waals surface area contributed by atoms with Crippen molar-refractivity contribution in [2.45, 2.75) is 84.7 Å². The zero-order valence-corrected chi connectivity index (χ0v) is 14.9. The maximum atomic E-state index is 6.23. The van der Waals surface area contributed by atoms with Crippen molar-refractivity contribution in [3.05, 3.63) is 0 Å². The van der Waals surface area contributed by atoms with Crippen molar-refractivity contribution in [3.63, 3.8) is 0 Å². The summed E-state index contributed by atoms with van der Waals surface area (Å²) in [6.07, 6.45) is 9.08. The Kier molecular flexibility index (Phi) is 14.7. The first-order chi connectivity index (χ1) is 10.2. The second kappa shape index (κ2) is 14.8. The molecule has 3 heteroatoms. The standard InChI is InChI=1S/C18H38O3/c1-5-9-13-19-15-16-20-17-18(11-7-3,12-8-4)21-14-10-6-2/h5-17H2,1-4H3. The third kappa shape index (κ3) is 11.1. The summed E-state index contributed by atoms with van der Waals surface area (Å²) in [6.45, 7) is 12.6. The Bertz CT molecular complexity index is 201. The highest BCUT2D eigenvalue weighted by atomic mass is 16.6. The normalized spacial score (nSPS) is 12.0. The van der Waals surface area contributed by atoms with Gasteiger partial charge in [-0.2, -0.15) is 0 Å². The third-order valence-corrected chi connectivity index (χ3v) is 3.70. The van der Waals surface area contributed by atoms with Gasteiger partial charge < -0.3 is 14.2 Å². The highest BCUT2D eigenvalue weighted by molar-refractivity contribution is 4.80. The molecule has 0 aliphatic heterocycles.